The van der Waals surface area contributed by atoms with Crippen LogP contribution in [0.3, 0.4) is 0 Å². The summed E-state index contributed by atoms with van der Waals surface area (Å²) in [7, 11) is -0.486. The maximum Gasteiger partial charge on any atom is 0.427 e. The van der Waals surface area contributed by atoms with Gasteiger partial charge < -0.3 is 23.7 Å². The second kappa shape index (κ2) is 14.8. The lowest BCUT2D eigenvalue weighted by molar-refractivity contribution is -0.282. The van der Waals surface area contributed by atoms with Gasteiger partial charge in [-0.2, -0.15) is 18.4 Å². The molecule has 0 radical (unpaired) electrons. The Morgan fingerprint density at radius 2 is 1.80 bits per heavy atom. The van der Waals surface area contributed by atoms with Crippen LogP contribution in [0.5, 0.6) is 5.75 Å². The Morgan fingerprint density at radius 3 is 2.37 bits per heavy atom. The van der Waals surface area contributed by atoms with E-state index < -0.39 is 61.1 Å². The molecule has 0 amide bonds. The summed E-state index contributed by atoms with van der Waals surface area (Å²) in [5, 5.41) is 9.39. The zero-order valence-corrected chi connectivity index (χ0v) is 31.2. The minimum Gasteiger partial charge on any atom is -0.496 e. The van der Waals surface area contributed by atoms with Crippen molar-refractivity contribution in [2.24, 2.45) is 4.99 Å². The molecule has 0 saturated heterocycles. The second-order valence-corrected chi connectivity index (χ2v) is 20.0. The molecular weight excluding hydrogens is 690 g/mol. The summed E-state index contributed by atoms with van der Waals surface area (Å²) in [5.41, 5.74) is -5.58. The van der Waals surface area contributed by atoms with Crippen LogP contribution in [0, 0.1) is 18.3 Å². The molecule has 2 heterocycles. The Kier molecular flexibility index (Phi) is 11.4. The molecule has 0 bridgehead atoms. The average Bonchev–Trinajstić information content (AvgIpc) is 3.62. The van der Waals surface area contributed by atoms with Crippen LogP contribution in [0.25, 0.3) is 10.9 Å². The standard InChI is InChI=1S/C36H43F4N3O7Si/c1-10-48-32(44)31(37)49-35(36(38,39)40,28-24-13-14-43(33(45)50-34(3,4)5)29(24)21(2)17-27(28)46-6)30-25(20-47-15-16-51(7,8)9)23-12-11-22(19-41)18-26(23)42-30/h11-14,17-18,25,31H,10,15-16,20H2,1-9H3. The third kappa shape index (κ3) is 8.13. The minimum absolute atomic E-state index is 0.00497. The summed E-state index contributed by atoms with van der Waals surface area (Å²) in [6, 6.07) is 9.38. The van der Waals surface area contributed by atoms with E-state index in [-0.39, 0.29) is 53.3 Å². The predicted molar refractivity (Wildman–Crippen MR) is 185 cm³/mol. The SMILES string of the molecule is CCOC(=O)C(F)OC(C1=Nc2cc(C#N)ccc2C1COCC[Si](C)(C)C)(c1c(OC)cc(C)c2c1ccn2C(=O)OC(C)(C)C)C(F)(F)F. The Hall–Kier alpha value is -4.26. The summed E-state index contributed by atoms with van der Waals surface area (Å²) in [5.74, 6) is -3.37. The number of halogens is 4. The molecule has 0 aliphatic carbocycles. The smallest absolute Gasteiger partial charge is 0.427 e. The number of aliphatic imine (C=N–C) groups is 1. The van der Waals surface area contributed by atoms with Crippen molar-refractivity contribution in [3.05, 3.63) is 58.8 Å². The summed E-state index contributed by atoms with van der Waals surface area (Å²) >= 11 is 0. The van der Waals surface area contributed by atoms with Crippen LogP contribution < -0.4 is 4.74 Å². The number of ether oxygens (including phenoxy) is 5. The number of methoxy groups -OCH3 is 1. The molecular formula is C36H43F4N3O7Si. The number of rotatable bonds is 12. The fourth-order valence-corrected chi connectivity index (χ4v) is 6.69. The van der Waals surface area contributed by atoms with Crippen LogP contribution in [0.1, 0.15) is 55.9 Å². The molecule has 0 N–H and O–H groups in total. The zero-order valence-electron chi connectivity index (χ0n) is 30.2. The van der Waals surface area contributed by atoms with Crippen LogP contribution in [0.15, 0.2) is 41.5 Å². The van der Waals surface area contributed by atoms with Crippen LogP contribution in [0.2, 0.25) is 25.7 Å². The molecule has 4 rings (SSSR count). The number of fused-ring (bicyclic) bond motifs is 2. The summed E-state index contributed by atoms with van der Waals surface area (Å²) in [6.07, 6.45) is -8.44. The Morgan fingerprint density at radius 1 is 1.12 bits per heavy atom. The van der Waals surface area contributed by atoms with Crippen molar-refractivity contribution in [2.75, 3.05) is 26.9 Å². The van der Waals surface area contributed by atoms with Gasteiger partial charge in [0, 0.05) is 26.3 Å². The van der Waals surface area contributed by atoms with E-state index in [1.807, 2.05) is 6.07 Å². The van der Waals surface area contributed by atoms with Gasteiger partial charge in [-0.1, -0.05) is 25.7 Å². The number of alkyl halides is 4. The van der Waals surface area contributed by atoms with Crippen molar-refractivity contribution in [3.8, 4) is 11.8 Å². The topological polar surface area (TPSA) is 121 Å². The molecule has 1 aromatic heterocycles. The van der Waals surface area contributed by atoms with Gasteiger partial charge in [-0.25, -0.2) is 14.0 Å². The number of esters is 1. The summed E-state index contributed by atoms with van der Waals surface area (Å²) < 4.78 is 93.3. The van der Waals surface area contributed by atoms with E-state index in [2.05, 4.69) is 24.6 Å². The highest BCUT2D eigenvalue weighted by Crippen LogP contribution is 2.56. The van der Waals surface area contributed by atoms with Crippen molar-refractivity contribution in [1.82, 2.24) is 4.57 Å². The Bertz CT molecular complexity index is 1870. The van der Waals surface area contributed by atoms with Crippen molar-refractivity contribution in [3.63, 3.8) is 0 Å². The van der Waals surface area contributed by atoms with Crippen LogP contribution >= 0.6 is 0 Å². The van der Waals surface area contributed by atoms with E-state index in [4.69, 9.17) is 23.7 Å². The first-order valence-corrected chi connectivity index (χ1v) is 20.1. The molecule has 1 aliphatic heterocycles. The lowest BCUT2D eigenvalue weighted by Crippen LogP contribution is -2.55. The number of benzene rings is 2. The minimum atomic E-state index is -5.54. The van der Waals surface area contributed by atoms with Crippen LogP contribution in [0.4, 0.5) is 28.0 Å². The molecule has 0 saturated carbocycles. The monoisotopic (exact) mass is 733 g/mol. The molecule has 10 nitrogen and oxygen atoms in total. The highest BCUT2D eigenvalue weighted by molar-refractivity contribution is 6.76. The maximum atomic E-state index is 16.4. The third-order valence-electron chi connectivity index (χ3n) is 8.18. The van der Waals surface area contributed by atoms with Gasteiger partial charge in [-0.15, -0.1) is 0 Å². The van der Waals surface area contributed by atoms with E-state index in [0.717, 1.165) is 11.7 Å². The van der Waals surface area contributed by atoms with Gasteiger partial charge >= 0.3 is 18.2 Å². The first-order valence-electron chi connectivity index (χ1n) is 16.4. The zero-order chi connectivity index (χ0) is 38.1. The van der Waals surface area contributed by atoms with Gasteiger partial charge in [-0.3, -0.25) is 9.56 Å². The second-order valence-electron chi connectivity index (χ2n) is 14.4. The molecule has 0 fully saturated rings. The van der Waals surface area contributed by atoms with Crippen LogP contribution in [-0.4, -0.2) is 75.5 Å². The molecule has 51 heavy (non-hydrogen) atoms. The highest BCUT2D eigenvalue weighted by atomic mass is 28.3. The lowest BCUT2D eigenvalue weighted by Gasteiger charge is -2.40. The van der Waals surface area contributed by atoms with Gasteiger partial charge in [0.05, 0.1) is 60.4 Å². The van der Waals surface area contributed by atoms with Crippen molar-refractivity contribution in [1.29, 1.82) is 5.26 Å². The molecule has 2 aromatic carbocycles. The molecule has 1 aliphatic rings. The number of carbonyl (C=O) groups excluding carboxylic acids is 2. The number of nitriles is 1. The van der Waals surface area contributed by atoms with Gasteiger partial charge in [0.2, 0.25) is 5.60 Å². The molecule has 0 spiro atoms. The first-order chi connectivity index (χ1) is 23.7. The molecule has 3 atom stereocenters. The number of carbonyl (C=O) groups is 2. The van der Waals surface area contributed by atoms with E-state index in [1.54, 1.807) is 27.7 Å². The van der Waals surface area contributed by atoms with Gasteiger partial charge in [-0.05, 0) is 76.1 Å². The normalized spacial score (nSPS) is 16.5. The number of aryl methyl sites for hydroxylation is 1. The molecule has 3 unspecified atom stereocenters. The Balaban J connectivity index is 2.11. The Labute approximate surface area is 295 Å². The highest BCUT2D eigenvalue weighted by Gasteiger charge is 2.67. The fourth-order valence-electron chi connectivity index (χ4n) is 5.94. The van der Waals surface area contributed by atoms with Gasteiger partial charge in [0.25, 0.3) is 6.36 Å². The van der Waals surface area contributed by atoms with Crippen molar-refractivity contribution >= 4 is 42.4 Å². The van der Waals surface area contributed by atoms with E-state index in [9.17, 15) is 14.9 Å². The summed E-state index contributed by atoms with van der Waals surface area (Å²) in [6.45, 7) is 13.8. The molecule has 276 valence electrons. The van der Waals surface area contributed by atoms with E-state index in [1.165, 1.54) is 43.5 Å². The van der Waals surface area contributed by atoms with E-state index >= 15 is 17.6 Å². The first kappa shape index (κ1) is 39.5. The fraction of sp³-hybridized carbons (Fsp3) is 0.500. The van der Waals surface area contributed by atoms with Crippen molar-refractivity contribution in [2.45, 2.75) is 90.0 Å². The number of hydrogen-bond donors (Lipinski definition) is 0. The molecule has 3 aromatic rings. The third-order valence-corrected chi connectivity index (χ3v) is 9.89. The maximum absolute atomic E-state index is 16.4. The van der Waals surface area contributed by atoms with E-state index in [0.29, 0.717) is 11.6 Å². The predicted octanol–water partition coefficient (Wildman–Crippen LogP) is 8.47. The van der Waals surface area contributed by atoms with Crippen molar-refractivity contribution < 1.29 is 50.8 Å². The summed E-state index contributed by atoms with van der Waals surface area (Å²) in [4.78, 5) is 30.5. The largest absolute Gasteiger partial charge is 0.496 e. The average molecular weight is 734 g/mol. The molecule has 15 heteroatoms. The number of hydrogen-bond acceptors (Lipinski definition) is 9. The van der Waals surface area contributed by atoms with Gasteiger partial charge in [0.15, 0.2) is 0 Å². The lowest BCUT2D eigenvalue weighted by atomic mass is 9.78. The van der Waals surface area contributed by atoms with Crippen LogP contribution in [-0.2, 0) is 29.3 Å². The number of aromatic nitrogens is 1. The van der Waals surface area contributed by atoms with Gasteiger partial charge in [0.1, 0.15) is 11.4 Å². The quantitative estimate of drug-likeness (QED) is 0.0787. The number of nitrogens with zero attached hydrogens (tertiary/aromatic N) is 3.